The fraction of sp³-hybridized carbons (Fsp3) is 0. The molecule has 30 heavy (non-hydrogen) atoms. The van der Waals surface area contributed by atoms with Crippen LogP contribution in [0.5, 0.6) is 0 Å². The molecule has 0 amide bonds. The first-order valence-electron chi connectivity index (χ1n) is 9.08. The number of nitrogens with zero attached hydrogens (tertiary/aromatic N) is 3. The van der Waals surface area contributed by atoms with Crippen LogP contribution in [-0.2, 0) is 0 Å². The van der Waals surface area contributed by atoms with Crippen molar-refractivity contribution < 1.29 is 4.92 Å². The molecule has 0 radical (unpaired) electrons. The molecule has 4 rings (SSSR count). The van der Waals surface area contributed by atoms with Gasteiger partial charge in [0.1, 0.15) is 0 Å². The molecule has 0 atom stereocenters. The lowest BCUT2D eigenvalue weighted by Crippen LogP contribution is -1.97. The van der Waals surface area contributed by atoms with Crippen molar-refractivity contribution in [3.63, 3.8) is 0 Å². The minimum Gasteiger partial charge on any atom is -0.316 e. The fourth-order valence-corrected chi connectivity index (χ4v) is 4.08. The number of nitro benzene ring substituents is 1. The maximum atomic E-state index is 10.8. The van der Waals surface area contributed by atoms with Gasteiger partial charge in [0.15, 0.2) is 0 Å². The van der Waals surface area contributed by atoms with Gasteiger partial charge in [0.05, 0.1) is 22.5 Å². The average Bonchev–Trinajstić information content (AvgIpc) is 3.22. The second kappa shape index (κ2) is 9.11. The normalized spacial score (nSPS) is 11.1. The minimum absolute atomic E-state index is 0.0941. The third-order valence-electron chi connectivity index (χ3n) is 4.33. The third-order valence-corrected chi connectivity index (χ3v) is 5.84. The minimum atomic E-state index is -0.395. The second-order valence-corrected chi connectivity index (χ2v) is 8.45. The highest BCUT2D eigenvalue weighted by molar-refractivity contribution is 9.10. The quantitative estimate of drug-likeness (QED) is 0.170. The summed E-state index contributed by atoms with van der Waals surface area (Å²) in [5.74, 6) is 0. The van der Waals surface area contributed by atoms with Crippen molar-refractivity contribution in [3.8, 4) is 5.69 Å². The molecule has 1 heterocycles. The van der Waals surface area contributed by atoms with Crippen LogP contribution in [0.25, 0.3) is 5.69 Å². The van der Waals surface area contributed by atoms with Crippen molar-refractivity contribution in [2.24, 2.45) is 4.99 Å². The van der Waals surface area contributed by atoms with Crippen molar-refractivity contribution in [3.05, 3.63) is 111 Å². The van der Waals surface area contributed by atoms with E-state index in [1.165, 1.54) is 12.1 Å². The second-order valence-electron chi connectivity index (χ2n) is 6.39. The summed E-state index contributed by atoms with van der Waals surface area (Å²) in [6, 6.07) is 26.5. The molecular weight excluding hydrogens is 462 g/mol. The molecule has 0 N–H and O–H groups in total. The first-order chi connectivity index (χ1) is 14.6. The molecule has 1 aromatic heterocycles. The van der Waals surface area contributed by atoms with Gasteiger partial charge in [0.25, 0.3) is 5.69 Å². The number of aliphatic imine (C=N–C) groups is 1. The maximum Gasteiger partial charge on any atom is 0.269 e. The summed E-state index contributed by atoms with van der Waals surface area (Å²) in [5.41, 5.74) is 2.99. The molecule has 0 aliphatic rings. The molecule has 4 aromatic rings. The molecule has 0 saturated carbocycles. The predicted molar refractivity (Wildman–Crippen MR) is 124 cm³/mol. The molecule has 0 saturated heterocycles. The summed E-state index contributed by atoms with van der Waals surface area (Å²) in [6.45, 7) is 0. The summed E-state index contributed by atoms with van der Waals surface area (Å²) >= 11 is 5.06. The smallest absolute Gasteiger partial charge is 0.269 e. The molecule has 0 aliphatic carbocycles. The number of nitro groups is 1. The van der Waals surface area contributed by atoms with E-state index < -0.39 is 4.92 Å². The highest BCUT2D eigenvalue weighted by atomic mass is 79.9. The van der Waals surface area contributed by atoms with E-state index in [1.807, 2.05) is 67.0 Å². The Labute approximate surface area is 186 Å². The van der Waals surface area contributed by atoms with Gasteiger partial charge in [0, 0.05) is 38.3 Å². The molecule has 148 valence electrons. The molecule has 0 bridgehead atoms. The van der Waals surface area contributed by atoms with Gasteiger partial charge in [-0.05, 0) is 66.7 Å². The highest BCUT2D eigenvalue weighted by Gasteiger charge is 2.05. The fourth-order valence-electron chi connectivity index (χ4n) is 2.87. The SMILES string of the molecule is O=[N+]([O-])c1ccc(Sc2ccc(N=Cc3cccn3-c3cccc(Br)c3)cc2)cc1. The lowest BCUT2D eigenvalue weighted by atomic mass is 10.3. The molecule has 0 aliphatic heterocycles. The molecule has 5 nitrogen and oxygen atoms in total. The highest BCUT2D eigenvalue weighted by Crippen LogP contribution is 2.30. The van der Waals surface area contributed by atoms with E-state index in [9.17, 15) is 10.1 Å². The first-order valence-corrected chi connectivity index (χ1v) is 10.7. The largest absolute Gasteiger partial charge is 0.316 e. The number of hydrogen-bond acceptors (Lipinski definition) is 4. The van der Waals surface area contributed by atoms with Gasteiger partial charge >= 0.3 is 0 Å². The van der Waals surface area contributed by atoms with Crippen molar-refractivity contribution in [2.75, 3.05) is 0 Å². The monoisotopic (exact) mass is 477 g/mol. The first kappa shape index (κ1) is 20.1. The van der Waals surface area contributed by atoms with Crippen LogP contribution in [0.1, 0.15) is 5.69 Å². The Kier molecular flexibility index (Phi) is 6.11. The van der Waals surface area contributed by atoms with Gasteiger partial charge in [-0.15, -0.1) is 0 Å². The van der Waals surface area contributed by atoms with Crippen LogP contribution in [0.3, 0.4) is 0 Å². The number of benzene rings is 3. The third kappa shape index (κ3) is 4.87. The number of hydrogen-bond donors (Lipinski definition) is 0. The Balaban J connectivity index is 1.46. The molecule has 3 aromatic carbocycles. The van der Waals surface area contributed by atoms with E-state index in [4.69, 9.17) is 0 Å². The van der Waals surface area contributed by atoms with E-state index in [1.54, 1.807) is 23.9 Å². The van der Waals surface area contributed by atoms with Crippen LogP contribution in [0, 0.1) is 10.1 Å². The Morgan fingerprint density at radius 3 is 2.30 bits per heavy atom. The number of halogens is 1. The summed E-state index contributed by atoms with van der Waals surface area (Å²) < 4.78 is 3.10. The van der Waals surface area contributed by atoms with Crippen molar-refractivity contribution in [1.82, 2.24) is 4.57 Å². The standard InChI is InChI=1S/C23H16BrN3O2S/c24-17-3-1-4-20(15-17)26-14-2-5-21(26)16-25-18-6-10-22(11-7-18)30-23-12-8-19(9-13-23)27(28)29/h1-16H. The van der Waals surface area contributed by atoms with Crippen LogP contribution >= 0.6 is 27.7 Å². The predicted octanol–water partition coefficient (Wildman–Crippen LogP) is 7.05. The van der Waals surface area contributed by atoms with Gasteiger partial charge in [-0.1, -0.05) is 33.8 Å². The van der Waals surface area contributed by atoms with Crippen LogP contribution in [-0.4, -0.2) is 15.7 Å². The Hall–Kier alpha value is -3.16. The number of rotatable bonds is 6. The molecule has 0 fully saturated rings. The zero-order valence-electron chi connectivity index (χ0n) is 15.7. The maximum absolute atomic E-state index is 10.8. The van der Waals surface area contributed by atoms with Gasteiger partial charge in [-0.3, -0.25) is 15.1 Å². The molecule has 7 heteroatoms. The van der Waals surface area contributed by atoms with E-state index >= 15 is 0 Å². The van der Waals surface area contributed by atoms with Crippen LogP contribution < -0.4 is 0 Å². The van der Waals surface area contributed by atoms with E-state index in [0.29, 0.717) is 0 Å². The van der Waals surface area contributed by atoms with Gasteiger partial charge in [-0.25, -0.2) is 0 Å². The summed E-state index contributed by atoms with van der Waals surface area (Å²) in [6.07, 6.45) is 3.85. The van der Waals surface area contributed by atoms with Gasteiger partial charge < -0.3 is 4.57 Å². The number of aromatic nitrogens is 1. The zero-order chi connectivity index (χ0) is 20.9. The summed E-state index contributed by atoms with van der Waals surface area (Å²) in [7, 11) is 0. The summed E-state index contributed by atoms with van der Waals surface area (Å²) in [4.78, 5) is 16.9. The molecule has 0 spiro atoms. The van der Waals surface area contributed by atoms with Crippen molar-refractivity contribution in [1.29, 1.82) is 0 Å². The van der Waals surface area contributed by atoms with Crippen LogP contribution in [0.15, 0.2) is 110 Å². The Bertz CT molecular complexity index is 1200. The van der Waals surface area contributed by atoms with Crippen molar-refractivity contribution >= 4 is 45.3 Å². The summed E-state index contributed by atoms with van der Waals surface area (Å²) in [5, 5.41) is 10.8. The van der Waals surface area contributed by atoms with Crippen LogP contribution in [0.2, 0.25) is 0 Å². The van der Waals surface area contributed by atoms with E-state index in [2.05, 4.69) is 31.6 Å². The zero-order valence-corrected chi connectivity index (χ0v) is 18.1. The lowest BCUT2D eigenvalue weighted by molar-refractivity contribution is -0.384. The number of non-ortho nitro benzene ring substituents is 1. The average molecular weight is 478 g/mol. The van der Waals surface area contributed by atoms with Crippen molar-refractivity contribution in [2.45, 2.75) is 9.79 Å². The Morgan fingerprint density at radius 2 is 1.63 bits per heavy atom. The van der Waals surface area contributed by atoms with Gasteiger partial charge in [-0.2, -0.15) is 0 Å². The van der Waals surface area contributed by atoms with Gasteiger partial charge in [0.2, 0.25) is 0 Å². The molecular formula is C23H16BrN3O2S. The topological polar surface area (TPSA) is 60.4 Å². The van der Waals surface area contributed by atoms with E-state index in [0.717, 1.165) is 31.3 Å². The van der Waals surface area contributed by atoms with Crippen LogP contribution in [0.4, 0.5) is 11.4 Å². The molecule has 0 unspecified atom stereocenters. The van der Waals surface area contributed by atoms with E-state index in [-0.39, 0.29) is 5.69 Å². The lowest BCUT2D eigenvalue weighted by Gasteiger charge is -2.06. The Morgan fingerprint density at radius 1 is 0.933 bits per heavy atom.